The maximum atomic E-state index is 13.1. The predicted octanol–water partition coefficient (Wildman–Crippen LogP) is 23.1. The maximum Gasteiger partial charge on any atom is 0.472 e. The highest BCUT2D eigenvalue weighted by Gasteiger charge is 2.30. The van der Waals surface area contributed by atoms with Crippen LogP contribution in [-0.4, -0.2) is 96.7 Å². The lowest BCUT2D eigenvalue weighted by Gasteiger charge is -2.21. The number of carbonyl (C=O) groups excluding carboxylic acids is 4. The van der Waals surface area contributed by atoms with Gasteiger partial charge in [-0.3, -0.25) is 37.3 Å². The summed E-state index contributed by atoms with van der Waals surface area (Å²) in [6.45, 7) is 9.55. The van der Waals surface area contributed by atoms with Gasteiger partial charge in [-0.25, -0.2) is 9.13 Å². The predicted molar refractivity (Wildman–Crippen MR) is 400 cm³/mol. The molecule has 0 aliphatic carbocycles. The third-order valence-corrected chi connectivity index (χ3v) is 19.7. The van der Waals surface area contributed by atoms with Crippen molar-refractivity contribution in [2.24, 2.45) is 11.8 Å². The minimum absolute atomic E-state index is 0.101. The van der Waals surface area contributed by atoms with E-state index in [4.69, 9.17) is 37.0 Å². The van der Waals surface area contributed by atoms with Crippen LogP contribution in [0.25, 0.3) is 0 Å². The molecule has 0 aliphatic heterocycles. The largest absolute Gasteiger partial charge is 0.472 e. The molecule has 0 radical (unpaired) electrons. The Balaban J connectivity index is 5.20. The second kappa shape index (κ2) is 70.2. The van der Waals surface area contributed by atoms with Crippen LogP contribution in [0, 0.1) is 11.8 Å². The van der Waals surface area contributed by atoms with Gasteiger partial charge in [0.1, 0.15) is 19.3 Å². The molecule has 0 rings (SSSR count). The summed E-state index contributed by atoms with van der Waals surface area (Å²) in [5, 5.41) is 10.6. The number of aliphatic hydroxyl groups excluding tert-OH is 1. The lowest BCUT2D eigenvalue weighted by atomic mass is 10.0. The standard InChI is InChI=1S/C79H150O17P2/c1-7-9-11-13-15-16-17-18-23-27-33-38-44-50-56-62-77(82)90-68-75(96-79(84)63-57-51-45-39-34-28-25-22-20-19-21-24-26-31-36-42-47-53-59-71(3)4)70-94-98(87,88)92-66-73(80)65-91-97(85,86)93-69-74(67-89-76(81)61-55-49-41-14-12-10-8-2)95-78(83)64-58-52-46-40-35-30-29-32-37-43-48-54-60-72(5)6/h16-18,23,71-75,80H,7-15,19-22,24-70H2,1-6H3,(H,85,86)(H,87,88)/b17-16-,23-18-/t73-,74+,75+/m0/s1. The number of esters is 4. The molecule has 0 aromatic heterocycles. The van der Waals surface area contributed by atoms with Gasteiger partial charge >= 0.3 is 39.5 Å². The van der Waals surface area contributed by atoms with Crippen molar-refractivity contribution >= 4 is 39.5 Å². The Kier molecular flexibility index (Phi) is 68.5. The van der Waals surface area contributed by atoms with E-state index < -0.39 is 97.5 Å². The Bertz CT molecular complexity index is 1980. The summed E-state index contributed by atoms with van der Waals surface area (Å²) in [7, 11) is -9.92. The molecule has 19 heteroatoms. The van der Waals surface area contributed by atoms with Gasteiger partial charge in [0.25, 0.3) is 0 Å². The van der Waals surface area contributed by atoms with Crippen molar-refractivity contribution in [1.29, 1.82) is 0 Å². The lowest BCUT2D eigenvalue weighted by molar-refractivity contribution is -0.161. The van der Waals surface area contributed by atoms with Crippen LogP contribution < -0.4 is 0 Å². The summed E-state index contributed by atoms with van der Waals surface area (Å²) >= 11 is 0. The van der Waals surface area contributed by atoms with Crippen molar-refractivity contribution < 1.29 is 80.2 Å². The fourth-order valence-electron chi connectivity index (χ4n) is 11.6. The molecule has 3 N–H and O–H groups in total. The molecule has 0 aromatic carbocycles. The van der Waals surface area contributed by atoms with E-state index in [9.17, 15) is 43.2 Å². The smallest absolute Gasteiger partial charge is 0.462 e. The fourth-order valence-corrected chi connectivity index (χ4v) is 13.2. The Hall–Kier alpha value is -2.46. The molecule has 17 nitrogen and oxygen atoms in total. The van der Waals surface area contributed by atoms with Gasteiger partial charge in [-0.15, -0.1) is 0 Å². The molecule has 0 aromatic rings. The number of aliphatic hydroxyl groups is 1. The molecule has 0 aliphatic rings. The first-order valence-corrected chi connectivity index (χ1v) is 43.3. The van der Waals surface area contributed by atoms with Crippen molar-refractivity contribution in [3.05, 3.63) is 24.3 Å². The van der Waals surface area contributed by atoms with Crippen molar-refractivity contribution in [1.82, 2.24) is 0 Å². The third kappa shape index (κ3) is 71.9. The van der Waals surface area contributed by atoms with E-state index in [1.165, 1.54) is 173 Å². The van der Waals surface area contributed by atoms with Gasteiger partial charge in [-0.2, -0.15) is 0 Å². The maximum absolute atomic E-state index is 13.1. The molecule has 0 saturated heterocycles. The number of unbranched alkanes of at least 4 members (excludes halogenated alkanes) is 43. The van der Waals surface area contributed by atoms with Crippen LogP contribution in [0.2, 0.25) is 0 Å². The second-order valence-electron chi connectivity index (χ2n) is 28.7. The minimum atomic E-state index is -4.97. The molecule has 0 bridgehead atoms. The molecule has 0 spiro atoms. The number of ether oxygens (including phenoxy) is 4. The lowest BCUT2D eigenvalue weighted by Crippen LogP contribution is -2.30. The van der Waals surface area contributed by atoms with Crippen LogP contribution in [0.4, 0.5) is 0 Å². The number of phosphoric acid groups is 2. The first-order valence-electron chi connectivity index (χ1n) is 40.3. The number of rotatable bonds is 76. The number of allylic oxidation sites excluding steroid dienone is 4. The van der Waals surface area contributed by atoms with Gasteiger partial charge in [0.2, 0.25) is 0 Å². The van der Waals surface area contributed by atoms with Gasteiger partial charge in [0, 0.05) is 25.7 Å². The molecule has 5 atom stereocenters. The first-order chi connectivity index (χ1) is 47.4. The Morgan fingerprint density at radius 2 is 0.551 bits per heavy atom. The SMILES string of the molecule is CCCCCC/C=C\C=C/CCCCCCCC(=O)OC[C@H](COP(=O)(O)OC[C@@H](O)COP(=O)(O)OC[C@@H](COC(=O)CCCCCCCCC)OC(=O)CCCCCCCCCCCCCCC(C)C)OC(=O)CCCCCCCCCCCCCCCCCCCCC(C)C. The highest BCUT2D eigenvalue weighted by molar-refractivity contribution is 7.47. The van der Waals surface area contributed by atoms with Crippen molar-refractivity contribution in [2.45, 2.75) is 407 Å². The topological polar surface area (TPSA) is 237 Å². The second-order valence-corrected chi connectivity index (χ2v) is 31.6. The quantitative estimate of drug-likeness (QED) is 0.0169. The number of carbonyl (C=O) groups is 4. The Morgan fingerprint density at radius 3 is 0.837 bits per heavy atom. The summed E-state index contributed by atoms with van der Waals surface area (Å²) < 4.78 is 68.5. The van der Waals surface area contributed by atoms with E-state index in [1.54, 1.807) is 0 Å². The van der Waals surface area contributed by atoms with Gasteiger partial charge in [0.05, 0.1) is 26.4 Å². The van der Waals surface area contributed by atoms with Crippen LogP contribution in [0.5, 0.6) is 0 Å². The van der Waals surface area contributed by atoms with E-state index in [1.807, 2.05) is 0 Å². The van der Waals surface area contributed by atoms with Gasteiger partial charge in [0.15, 0.2) is 12.2 Å². The zero-order valence-electron chi connectivity index (χ0n) is 63.6. The highest BCUT2D eigenvalue weighted by Crippen LogP contribution is 2.45. The van der Waals surface area contributed by atoms with Crippen LogP contribution in [0.3, 0.4) is 0 Å². The average molecular weight is 1430 g/mol. The summed E-state index contributed by atoms with van der Waals surface area (Å²) in [6.07, 6.45) is 62.0. The molecule has 0 saturated carbocycles. The molecular formula is C79H150O17P2. The van der Waals surface area contributed by atoms with Crippen molar-refractivity contribution in [2.75, 3.05) is 39.6 Å². The van der Waals surface area contributed by atoms with Crippen LogP contribution in [0.1, 0.15) is 388 Å². The number of phosphoric ester groups is 2. The highest BCUT2D eigenvalue weighted by atomic mass is 31.2. The van der Waals surface area contributed by atoms with Crippen LogP contribution in [-0.2, 0) is 65.4 Å². The molecule has 0 heterocycles. The summed E-state index contributed by atoms with van der Waals surface area (Å²) in [5.41, 5.74) is 0. The van der Waals surface area contributed by atoms with Gasteiger partial charge < -0.3 is 33.8 Å². The monoisotopic (exact) mass is 1430 g/mol. The van der Waals surface area contributed by atoms with Gasteiger partial charge in [-0.05, 0) is 63.2 Å². The molecule has 0 amide bonds. The third-order valence-electron chi connectivity index (χ3n) is 17.8. The fraction of sp³-hybridized carbons (Fsp3) is 0.899. The molecule has 578 valence electrons. The van der Waals surface area contributed by atoms with E-state index >= 15 is 0 Å². The van der Waals surface area contributed by atoms with E-state index in [2.05, 4.69) is 65.8 Å². The first kappa shape index (κ1) is 95.5. The van der Waals surface area contributed by atoms with Crippen molar-refractivity contribution in [3.63, 3.8) is 0 Å². The van der Waals surface area contributed by atoms with Crippen LogP contribution in [0.15, 0.2) is 24.3 Å². The number of hydrogen-bond acceptors (Lipinski definition) is 15. The molecular weight excluding hydrogens is 1280 g/mol. The summed E-state index contributed by atoms with van der Waals surface area (Å²) in [6, 6.07) is 0. The zero-order chi connectivity index (χ0) is 72.1. The van der Waals surface area contributed by atoms with E-state index in [0.29, 0.717) is 25.7 Å². The van der Waals surface area contributed by atoms with Crippen LogP contribution >= 0.6 is 15.6 Å². The Morgan fingerprint density at radius 1 is 0.316 bits per heavy atom. The molecule has 0 fully saturated rings. The molecule has 98 heavy (non-hydrogen) atoms. The van der Waals surface area contributed by atoms with E-state index in [0.717, 1.165) is 134 Å². The minimum Gasteiger partial charge on any atom is -0.462 e. The molecule has 2 unspecified atom stereocenters. The van der Waals surface area contributed by atoms with Gasteiger partial charge in [-0.1, -0.05) is 336 Å². The summed E-state index contributed by atoms with van der Waals surface area (Å²) in [5.74, 6) is -0.553. The van der Waals surface area contributed by atoms with E-state index in [-0.39, 0.29) is 25.7 Å². The summed E-state index contributed by atoms with van der Waals surface area (Å²) in [4.78, 5) is 72.8. The number of hydrogen-bond donors (Lipinski definition) is 3. The normalized spacial score (nSPS) is 14.1. The van der Waals surface area contributed by atoms with Crippen molar-refractivity contribution in [3.8, 4) is 0 Å². The Labute approximate surface area is 599 Å². The average Bonchev–Trinajstić information content (AvgIpc) is 0.977. The zero-order valence-corrected chi connectivity index (χ0v) is 65.4.